The maximum Gasteiger partial charge on any atom is 0.224 e. The van der Waals surface area contributed by atoms with Crippen molar-refractivity contribution in [3.05, 3.63) is 63.6 Å². The van der Waals surface area contributed by atoms with Crippen LogP contribution >= 0.6 is 15.9 Å². The molecule has 0 unspecified atom stereocenters. The SMILES string of the molecule is O=C(CCC(=O)c1ccc(Br)cc1)Nc1ccc2c(c1)CCC2. The molecule has 0 bridgehead atoms. The van der Waals surface area contributed by atoms with E-state index in [4.69, 9.17) is 0 Å². The van der Waals surface area contributed by atoms with Crippen molar-refractivity contribution in [3.8, 4) is 0 Å². The van der Waals surface area contributed by atoms with Crippen molar-refractivity contribution in [2.24, 2.45) is 0 Å². The summed E-state index contributed by atoms with van der Waals surface area (Å²) < 4.78 is 0.934. The third-order valence-corrected chi connectivity index (χ3v) is 4.66. The monoisotopic (exact) mass is 371 g/mol. The van der Waals surface area contributed by atoms with Gasteiger partial charge in [0.05, 0.1) is 0 Å². The molecular formula is C19H18BrNO2. The van der Waals surface area contributed by atoms with Crippen LogP contribution in [0.4, 0.5) is 5.69 Å². The summed E-state index contributed by atoms with van der Waals surface area (Å²) >= 11 is 3.34. The summed E-state index contributed by atoms with van der Waals surface area (Å²) in [5, 5.41) is 2.89. The number of nitrogens with one attached hydrogen (secondary N) is 1. The van der Waals surface area contributed by atoms with E-state index in [1.807, 2.05) is 18.2 Å². The van der Waals surface area contributed by atoms with Crippen LogP contribution in [0.5, 0.6) is 0 Å². The normalized spacial score (nSPS) is 12.7. The largest absolute Gasteiger partial charge is 0.326 e. The van der Waals surface area contributed by atoms with E-state index in [1.54, 1.807) is 12.1 Å². The molecule has 1 N–H and O–H groups in total. The number of benzene rings is 2. The Balaban J connectivity index is 1.53. The molecule has 0 aromatic heterocycles. The fourth-order valence-electron chi connectivity index (χ4n) is 2.88. The van der Waals surface area contributed by atoms with Crippen molar-refractivity contribution in [2.45, 2.75) is 32.1 Å². The molecule has 3 nitrogen and oxygen atoms in total. The Morgan fingerprint density at radius 1 is 0.957 bits per heavy atom. The molecule has 0 radical (unpaired) electrons. The number of ketones is 1. The van der Waals surface area contributed by atoms with E-state index in [0.29, 0.717) is 5.56 Å². The number of hydrogen-bond acceptors (Lipinski definition) is 2. The number of rotatable bonds is 5. The molecule has 23 heavy (non-hydrogen) atoms. The first-order chi connectivity index (χ1) is 11.1. The second-order valence-corrected chi connectivity index (χ2v) is 6.73. The zero-order valence-corrected chi connectivity index (χ0v) is 14.4. The van der Waals surface area contributed by atoms with Gasteiger partial charge in [0.2, 0.25) is 5.91 Å². The molecule has 118 valence electrons. The molecule has 0 heterocycles. The smallest absolute Gasteiger partial charge is 0.224 e. The highest BCUT2D eigenvalue weighted by atomic mass is 79.9. The summed E-state index contributed by atoms with van der Waals surface area (Å²) in [4.78, 5) is 24.1. The van der Waals surface area contributed by atoms with Crippen LogP contribution in [-0.4, -0.2) is 11.7 Å². The molecule has 1 aliphatic rings. The molecule has 0 saturated carbocycles. The Morgan fingerprint density at radius 3 is 2.48 bits per heavy atom. The molecule has 1 aliphatic carbocycles. The lowest BCUT2D eigenvalue weighted by Gasteiger charge is -2.07. The van der Waals surface area contributed by atoms with Gasteiger partial charge in [-0.3, -0.25) is 9.59 Å². The number of halogens is 1. The Morgan fingerprint density at radius 2 is 1.70 bits per heavy atom. The molecule has 0 saturated heterocycles. The quantitative estimate of drug-likeness (QED) is 0.784. The molecule has 4 heteroatoms. The number of Topliss-reactive ketones (excluding diaryl/α,β-unsaturated/α-hetero) is 1. The van der Waals surface area contributed by atoms with Crippen molar-refractivity contribution < 1.29 is 9.59 Å². The van der Waals surface area contributed by atoms with Gasteiger partial charge in [-0.2, -0.15) is 0 Å². The van der Waals surface area contributed by atoms with Crippen LogP contribution < -0.4 is 5.32 Å². The molecule has 2 aromatic carbocycles. The number of carbonyl (C=O) groups excluding carboxylic acids is 2. The van der Waals surface area contributed by atoms with E-state index in [1.165, 1.54) is 17.5 Å². The van der Waals surface area contributed by atoms with E-state index in [2.05, 4.69) is 33.4 Å². The van der Waals surface area contributed by atoms with Crippen LogP contribution in [0.1, 0.15) is 40.7 Å². The molecule has 0 fully saturated rings. The minimum absolute atomic E-state index is 0.0124. The second kappa shape index (κ2) is 7.09. The van der Waals surface area contributed by atoms with E-state index in [0.717, 1.165) is 23.0 Å². The molecular weight excluding hydrogens is 354 g/mol. The molecule has 1 amide bonds. The predicted octanol–water partition coefficient (Wildman–Crippen LogP) is 4.54. The molecule has 2 aromatic rings. The van der Waals surface area contributed by atoms with Crippen LogP contribution in [-0.2, 0) is 17.6 Å². The number of aryl methyl sites for hydroxylation is 2. The van der Waals surface area contributed by atoms with Crippen molar-refractivity contribution >= 4 is 33.3 Å². The summed E-state index contributed by atoms with van der Waals surface area (Å²) in [6.45, 7) is 0. The highest BCUT2D eigenvalue weighted by molar-refractivity contribution is 9.10. The van der Waals surface area contributed by atoms with Crippen LogP contribution in [0.15, 0.2) is 46.9 Å². The minimum Gasteiger partial charge on any atom is -0.326 e. The molecule has 0 aliphatic heterocycles. The number of anilines is 1. The van der Waals surface area contributed by atoms with Crippen LogP contribution in [0, 0.1) is 0 Å². The highest BCUT2D eigenvalue weighted by Gasteiger charge is 2.13. The molecule has 3 rings (SSSR count). The lowest BCUT2D eigenvalue weighted by Crippen LogP contribution is -2.13. The third kappa shape index (κ3) is 4.08. The maximum atomic E-state index is 12.1. The van der Waals surface area contributed by atoms with Gasteiger partial charge in [-0.15, -0.1) is 0 Å². The highest BCUT2D eigenvalue weighted by Crippen LogP contribution is 2.25. The fraction of sp³-hybridized carbons (Fsp3) is 0.263. The van der Waals surface area contributed by atoms with Gasteiger partial charge in [0.1, 0.15) is 0 Å². The van der Waals surface area contributed by atoms with Gasteiger partial charge >= 0.3 is 0 Å². The van der Waals surface area contributed by atoms with Gasteiger partial charge < -0.3 is 5.32 Å². The van der Waals surface area contributed by atoms with Gasteiger partial charge in [0.15, 0.2) is 5.78 Å². The number of carbonyl (C=O) groups is 2. The van der Waals surface area contributed by atoms with Crippen LogP contribution in [0.3, 0.4) is 0 Å². The second-order valence-electron chi connectivity index (χ2n) is 5.82. The van der Waals surface area contributed by atoms with Crippen molar-refractivity contribution in [1.29, 1.82) is 0 Å². The van der Waals surface area contributed by atoms with Gasteiger partial charge in [0, 0.05) is 28.6 Å². The summed E-state index contributed by atoms with van der Waals surface area (Å²) in [5.41, 5.74) is 4.17. The third-order valence-electron chi connectivity index (χ3n) is 4.13. The number of fused-ring (bicyclic) bond motifs is 1. The predicted molar refractivity (Wildman–Crippen MR) is 94.8 cm³/mol. The average Bonchev–Trinajstić information content (AvgIpc) is 3.01. The Kier molecular flexibility index (Phi) is 4.91. The summed E-state index contributed by atoms with van der Waals surface area (Å²) in [6, 6.07) is 13.3. The van der Waals surface area contributed by atoms with E-state index in [9.17, 15) is 9.59 Å². The fourth-order valence-corrected chi connectivity index (χ4v) is 3.14. The Hall–Kier alpha value is -1.94. The van der Waals surface area contributed by atoms with Gasteiger partial charge in [-0.05, 0) is 54.7 Å². The first kappa shape index (κ1) is 15.9. The van der Waals surface area contributed by atoms with Gasteiger partial charge in [-0.25, -0.2) is 0 Å². The van der Waals surface area contributed by atoms with E-state index >= 15 is 0 Å². The summed E-state index contributed by atoms with van der Waals surface area (Å²) in [7, 11) is 0. The summed E-state index contributed by atoms with van der Waals surface area (Å²) in [5.74, 6) is -0.130. The van der Waals surface area contributed by atoms with Crippen molar-refractivity contribution in [3.63, 3.8) is 0 Å². The van der Waals surface area contributed by atoms with Crippen LogP contribution in [0.25, 0.3) is 0 Å². The number of hydrogen-bond donors (Lipinski definition) is 1. The number of amides is 1. The standard InChI is InChI=1S/C19H18BrNO2/c20-16-7-4-14(5-8-16)18(22)10-11-19(23)21-17-9-6-13-2-1-3-15(13)12-17/h4-9,12H,1-3,10-11H2,(H,21,23). The molecule has 0 atom stereocenters. The Bertz CT molecular complexity index is 738. The average molecular weight is 372 g/mol. The zero-order valence-electron chi connectivity index (χ0n) is 12.8. The topological polar surface area (TPSA) is 46.2 Å². The van der Waals surface area contributed by atoms with Gasteiger partial charge in [-0.1, -0.05) is 34.1 Å². The summed E-state index contributed by atoms with van der Waals surface area (Å²) in [6.07, 6.45) is 3.82. The maximum absolute atomic E-state index is 12.1. The molecule has 0 spiro atoms. The Labute approximate surface area is 144 Å². The first-order valence-electron chi connectivity index (χ1n) is 7.82. The van der Waals surface area contributed by atoms with Gasteiger partial charge in [0.25, 0.3) is 0 Å². The van der Waals surface area contributed by atoms with E-state index in [-0.39, 0.29) is 24.5 Å². The van der Waals surface area contributed by atoms with E-state index < -0.39 is 0 Å². The van der Waals surface area contributed by atoms with Crippen molar-refractivity contribution in [2.75, 3.05) is 5.32 Å². The first-order valence-corrected chi connectivity index (χ1v) is 8.61. The lowest BCUT2D eigenvalue weighted by atomic mass is 10.1. The van der Waals surface area contributed by atoms with Crippen molar-refractivity contribution in [1.82, 2.24) is 0 Å². The zero-order chi connectivity index (χ0) is 16.2. The minimum atomic E-state index is -0.117. The lowest BCUT2D eigenvalue weighted by molar-refractivity contribution is -0.116. The van der Waals surface area contributed by atoms with Crippen LogP contribution in [0.2, 0.25) is 0 Å².